The quantitative estimate of drug-likeness (QED) is 0.261. The van der Waals surface area contributed by atoms with Gasteiger partial charge in [-0.3, -0.25) is 0 Å². The normalized spacial score (nSPS) is 12.5. The van der Waals surface area contributed by atoms with Gasteiger partial charge in [-0.15, -0.1) is 0 Å². The van der Waals surface area contributed by atoms with E-state index in [2.05, 4.69) is 14.7 Å². The monoisotopic (exact) mass is 579 g/mol. The van der Waals surface area contributed by atoms with Gasteiger partial charge in [0.1, 0.15) is 5.69 Å². The van der Waals surface area contributed by atoms with E-state index in [1.807, 2.05) is 0 Å². The number of hydrogen-bond acceptors (Lipinski definition) is 4. The van der Waals surface area contributed by atoms with E-state index >= 15 is 0 Å². The van der Waals surface area contributed by atoms with Crippen LogP contribution < -0.4 is 4.72 Å². The number of alkyl halides is 3. The molecule has 3 aromatic carbocycles. The minimum atomic E-state index is -4.72. The van der Waals surface area contributed by atoms with E-state index in [-0.39, 0.29) is 26.5 Å². The zero-order valence-electron chi connectivity index (χ0n) is 20.4. The minimum Gasteiger partial charge on any atom is -0.228 e. The molecule has 0 saturated heterocycles. The fourth-order valence-corrected chi connectivity index (χ4v) is 5.43. The number of nitrogens with zero attached hydrogens (tertiary/aromatic N) is 2. The van der Waals surface area contributed by atoms with Crippen LogP contribution in [0.25, 0.3) is 33.8 Å². The first kappa shape index (κ1) is 28.0. The average Bonchev–Trinajstić information content (AvgIpc) is 2.84. The molecule has 11 heteroatoms. The molecule has 0 atom stereocenters. The predicted molar refractivity (Wildman–Crippen MR) is 143 cm³/mol. The summed E-state index contributed by atoms with van der Waals surface area (Å²) in [5, 5.41) is 0.436. The van der Waals surface area contributed by atoms with Crippen LogP contribution >= 0.6 is 23.2 Å². The Morgan fingerprint density at radius 2 is 1.37 bits per heavy atom. The molecule has 0 fully saturated rings. The predicted octanol–water partition coefficient (Wildman–Crippen LogP) is 7.88. The summed E-state index contributed by atoms with van der Waals surface area (Å²) in [6.07, 6.45) is -4.72. The molecule has 4 rings (SSSR count). The van der Waals surface area contributed by atoms with E-state index in [0.29, 0.717) is 22.3 Å². The van der Waals surface area contributed by atoms with Crippen molar-refractivity contribution in [3.63, 3.8) is 0 Å². The maximum Gasteiger partial charge on any atom is 0.433 e. The van der Waals surface area contributed by atoms with E-state index in [1.54, 1.807) is 57.2 Å². The van der Waals surface area contributed by atoms with Gasteiger partial charge in [-0.1, -0.05) is 59.6 Å². The lowest BCUT2D eigenvalue weighted by molar-refractivity contribution is -0.141. The summed E-state index contributed by atoms with van der Waals surface area (Å²) >= 11 is 12.0. The topological polar surface area (TPSA) is 72.0 Å². The van der Waals surface area contributed by atoms with Gasteiger partial charge in [0, 0.05) is 16.7 Å². The molecule has 4 aromatic rings. The minimum absolute atomic E-state index is 0.0210. The standard InChI is InChI=1S/C27H22Cl2F3N3O2S/c1-26(2,3)35-38(36,37)20-9-5-7-17(13-20)16-6-4-8-19(12-16)25-33-23(15-24(34-25)27(30,31)32)18-10-11-21(28)22(29)14-18/h4-15,35H,1-3H3. The fraction of sp³-hybridized carbons (Fsp3) is 0.185. The SMILES string of the molecule is CC(C)(C)NS(=O)(=O)c1cccc(-c2cccc(-c3nc(-c4ccc(Cl)c(Cl)c4)cc(C(F)(F)F)n3)c2)c1. The molecule has 1 heterocycles. The first-order valence-electron chi connectivity index (χ1n) is 11.3. The molecule has 0 amide bonds. The van der Waals surface area contributed by atoms with Gasteiger partial charge >= 0.3 is 6.18 Å². The lowest BCUT2D eigenvalue weighted by atomic mass is 10.0. The third kappa shape index (κ3) is 6.53. The summed E-state index contributed by atoms with van der Waals surface area (Å²) in [5.41, 5.74) is 0.0161. The van der Waals surface area contributed by atoms with Crippen LogP contribution in [0.15, 0.2) is 77.7 Å². The summed E-state index contributed by atoms with van der Waals surface area (Å²) in [4.78, 5) is 8.21. The van der Waals surface area contributed by atoms with Crippen molar-refractivity contribution in [2.45, 2.75) is 37.4 Å². The van der Waals surface area contributed by atoms with Crippen molar-refractivity contribution in [1.82, 2.24) is 14.7 Å². The maximum absolute atomic E-state index is 13.7. The lowest BCUT2D eigenvalue weighted by Crippen LogP contribution is -2.40. The van der Waals surface area contributed by atoms with Crippen molar-refractivity contribution in [1.29, 1.82) is 0 Å². The Balaban J connectivity index is 1.80. The van der Waals surface area contributed by atoms with Crippen LogP contribution in [0.1, 0.15) is 26.5 Å². The Labute approximate surface area is 228 Å². The number of hydrogen-bond donors (Lipinski definition) is 1. The van der Waals surface area contributed by atoms with Crippen LogP contribution in [0.4, 0.5) is 13.2 Å². The fourth-order valence-electron chi connectivity index (χ4n) is 3.67. The van der Waals surface area contributed by atoms with Gasteiger partial charge in [0.15, 0.2) is 5.82 Å². The lowest BCUT2D eigenvalue weighted by Gasteiger charge is -2.20. The van der Waals surface area contributed by atoms with Crippen LogP contribution in [-0.2, 0) is 16.2 Å². The number of aromatic nitrogens is 2. The van der Waals surface area contributed by atoms with E-state index in [1.165, 1.54) is 30.3 Å². The highest BCUT2D eigenvalue weighted by molar-refractivity contribution is 7.89. The average molecular weight is 580 g/mol. The largest absolute Gasteiger partial charge is 0.433 e. The molecule has 198 valence electrons. The molecule has 0 spiro atoms. The zero-order chi connectivity index (χ0) is 27.9. The van der Waals surface area contributed by atoms with Gasteiger partial charge in [0.25, 0.3) is 0 Å². The number of rotatable bonds is 5. The maximum atomic E-state index is 13.7. The van der Waals surface area contributed by atoms with E-state index < -0.39 is 27.4 Å². The third-order valence-electron chi connectivity index (χ3n) is 5.27. The van der Waals surface area contributed by atoms with Crippen molar-refractivity contribution in [2.75, 3.05) is 0 Å². The number of nitrogens with one attached hydrogen (secondary N) is 1. The zero-order valence-corrected chi connectivity index (χ0v) is 22.8. The van der Waals surface area contributed by atoms with Gasteiger partial charge in [-0.25, -0.2) is 23.1 Å². The van der Waals surface area contributed by atoms with Crippen molar-refractivity contribution < 1.29 is 21.6 Å². The third-order valence-corrected chi connectivity index (χ3v) is 7.77. The molecular formula is C27H22Cl2F3N3O2S. The Morgan fingerprint density at radius 3 is 2.00 bits per heavy atom. The molecular weight excluding hydrogens is 558 g/mol. The Bertz CT molecular complexity index is 1620. The molecule has 0 saturated carbocycles. The Hall–Kier alpha value is -2.98. The Kier molecular flexibility index (Phi) is 7.60. The Morgan fingerprint density at radius 1 is 0.737 bits per heavy atom. The molecule has 1 aromatic heterocycles. The van der Waals surface area contributed by atoms with Crippen LogP contribution in [0.2, 0.25) is 10.0 Å². The summed E-state index contributed by atoms with van der Waals surface area (Å²) in [5.74, 6) is -0.152. The highest BCUT2D eigenvalue weighted by atomic mass is 35.5. The van der Waals surface area contributed by atoms with Gasteiger partial charge in [0.05, 0.1) is 20.6 Å². The smallest absolute Gasteiger partial charge is 0.228 e. The van der Waals surface area contributed by atoms with Crippen molar-refractivity contribution in [2.24, 2.45) is 0 Å². The first-order valence-corrected chi connectivity index (χ1v) is 13.5. The van der Waals surface area contributed by atoms with Crippen LogP contribution in [0.3, 0.4) is 0 Å². The van der Waals surface area contributed by atoms with Gasteiger partial charge < -0.3 is 0 Å². The summed E-state index contributed by atoms with van der Waals surface area (Å²) in [6, 6.07) is 18.1. The van der Waals surface area contributed by atoms with Crippen molar-refractivity contribution in [3.8, 4) is 33.8 Å². The number of halogens is 5. The number of sulfonamides is 1. The van der Waals surface area contributed by atoms with E-state index in [4.69, 9.17) is 23.2 Å². The number of benzene rings is 3. The molecule has 1 N–H and O–H groups in total. The van der Waals surface area contributed by atoms with Crippen molar-refractivity contribution >= 4 is 33.2 Å². The molecule has 0 bridgehead atoms. The molecule has 38 heavy (non-hydrogen) atoms. The molecule has 0 aliphatic rings. The molecule has 0 aliphatic heterocycles. The van der Waals surface area contributed by atoms with Gasteiger partial charge in [0.2, 0.25) is 10.0 Å². The summed E-state index contributed by atoms with van der Waals surface area (Å²) in [7, 11) is -3.80. The van der Waals surface area contributed by atoms with Crippen LogP contribution in [0.5, 0.6) is 0 Å². The van der Waals surface area contributed by atoms with Crippen molar-refractivity contribution in [3.05, 3.63) is 88.5 Å². The second kappa shape index (κ2) is 10.3. The molecule has 0 aliphatic carbocycles. The van der Waals surface area contributed by atoms with Crippen LogP contribution in [0, 0.1) is 0 Å². The van der Waals surface area contributed by atoms with E-state index in [9.17, 15) is 21.6 Å². The highest BCUT2D eigenvalue weighted by Crippen LogP contribution is 2.35. The second-order valence-corrected chi connectivity index (χ2v) is 12.0. The van der Waals surface area contributed by atoms with E-state index in [0.717, 1.165) is 6.07 Å². The van der Waals surface area contributed by atoms with Gasteiger partial charge in [-0.2, -0.15) is 13.2 Å². The van der Waals surface area contributed by atoms with Gasteiger partial charge in [-0.05, 0) is 68.3 Å². The molecule has 0 radical (unpaired) electrons. The highest BCUT2D eigenvalue weighted by Gasteiger charge is 2.34. The first-order chi connectivity index (χ1) is 17.6. The van der Waals surface area contributed by atoms with Crippen LogP contribution in [-0.4, -0.2) is 23.9 Å². The summed E-state index contributed by atoms with van der Waals surface area (Å²) < 4.78 is 69.5. The molecule has 0 unspecified atom stereocenters. The summed E-state index contributed by atoms with van der Waals surface area (Å²) in [6.45, 7) is 5.21. The second-order valence-electron chi connectivity index (χ2n) is 9.55. The molecule has 5 nitrogen and oxygen atoms in total.